The summed E-state index contributed by atoms with van der Waals surface area (Å²) < 4.78 is 31.0. The zero-order valence-corrected chi connectivity index (χ0v) is 10.3. The van der Waals surface area contributed by atoms with Crippen molar-refractivity contribution in [1.82, 2.24) is 0 Å². The van der Waals surface area contributed by atoms with E-state index in [0.717, 1.165) is 12.1 Å². The fraction of sp³-hybridized carbons (Fsp3) is 0.500. The Kier molecular flexibility index (Phi) is 4.51. The fourth-order valence-electron chi connectivity index (χ4n) is 1.97. The molecule has 5 N–H and O–H groups in total. The zero-order valence-electron chi connectivity index (χ0n) is 10.3. The number of halogens is 2. The summed E-state index contributed by atoms with van der Waals surface area (Å²) in [5.41, 5.74) is 0.119. The van der Waals surface area contributed by atoms with Crippen molar-refractivity contribution in [3.63, 3.8) is 0 Å². The van der Waals surface area contributed by atoms with E-state index in [1.54, 1.807) is 0 Å². The van der Waals surface area contributed by atoms with Crippen molar-refractivity contribution in [3.8, 4) is 0 Å². The molecule has 0 unspecified atom stereocenters. The lowest BCUT2D eigenvalue weighted by Gasteiger charge is -2.40. The van der Waals surface area contributed by atoms with Gasteiger partial charge in [-0.25, -0.2) is 8.78 Å². The summed E-state index contributed by atoms with van der Waals surface area (Å²) in [6, 6.07) is 2.97. The molecule has 1 aliphatic rings. The Morgan fingerprint density at radius 3 is 2.35 bits per heavy atom. The first-order valence-corrected chi connectivity index (χ1v) is 5.96. The van der Waals surface area contributed by atoms with Crippen molar-refractivity contribution in [3.05, 3.63) is 29.8 Å². The van der Waals surface area contributed by atoms with Gasteiger partial charge in [0.2, 0.25) is 0 Å². The molecule has 1 saturated heterocycles. The van der Waals surface area contributed by atoms with E-state index in [0.29, 0.717) is 0 Å². The summed E-state index contributed by atoms with van der Waals surface area (Å²) in [5, 5.41) is 40.5. The standard InChI is InChI=1S/C12H15F2NO5/c13-6-2-1-5(3-7(6)14)15-12-11(19)10(18)9(17)8(4-16)20-12/h1-3,8-12,15-19H,4H2/t8-,9-,10+,11-,12-/m1/s1. The minimum Gasteiger partial charge on any atom is -0.394 e. The van der Waals surface area contributed by atoms with Crippen LogP contribution < -0.4 is 5.32 Å². The lowest BCUT2D eigenvalue weighted by molar-refractivity contribution is -0.221. The number of ether oxygens (including phenoxy) is 1. The van der Waals surface area contributed by atoms with Gasteiger partial charge in [-0.05, 0) is 12.1 Å². The number of hydrogen-bond donors (Lipinski definition) is 5. The van der Waals surface area contributed by atoms with Crippen LogP contribution in [0.4, 0.5) is 14.5 Å². The average Bonchev–Trinajstić information content (AvgIpc) is 2.43. The molecule has 0 bridgehead atoms. The van der Waals surface area contributed by atoms with E-state index in [2.05, 4.69) is 5.32 Å². The lowest BCUT2D eigenvalue weighted by atomic mass is 9.98. The molecular weight excluding hydrogens is 276 g/mol. The van der Waals surface area contributed by atoms with Crippen molar-refractivity contribution in [2.24, 2.45) is 0 Å². The summed E-state index contributed by atoms with van der Waals surface area (Å²) >= 11 is 0. The second kappa shape index (κ2) is 5.98. The number of aliphatic hydroxyl groups excluding tert-OH is 4. The third-order valence-electron chi connectivity index (χ3n) is 3.12. The highest BCUT2D eigenvalue weighted by molar-refractivity contribution is 5.44. The van der Waals surface area contributed by atoms with Crippen LogP contribution in [0.5, 0.6) is 0 Å². The zero-order chi connectivity index (χ0) is 14.9. The van der Waals surface area contributed by atoms with Gasteiger partial charge < -0.3 is 30.5 Å². The molecule has 0 aromatic heterocycles. The van der Waals surface area contributed by atoms with Crippen molar-refractivity contribution >= 4 is 5.69 Å². The molecule has 1 aromatic rings. The predicted octanol–water partition coefficient (Wildman–Crippen LogP) is -0.823. The van der Waals surface area contributed by atoms with Crippen LogP contribution in [-0.4, -0.2) is 57.7 Å². The quantitative estimate of drug-likeness (QED) is 0.498. The van der Waals surface area contributed by atoms with Gasteiger partial charge in [0, 0.05) is 11.8 Å². The first-order valence-electron chi connectivity index (χ1n) is 5.96. The van der Waals surface area contributed by atoms with E-state index < -0.39 is 48.9 Å². The van der Waals surface area contributed by atoms with Gasteiger partial charge in [-0.1, -0.05) is 0 Å². The highest BCUT2D eigenvalue weighted by Crippen LogP contribution is 2.23. The normalized spacial score (nSPS) is 34.0. The number of nitrogens with one attached hydrogen (secondary N) is 1. The Hall–Kier alpha value is -1.32. The molecule has 0 amide bonds. The van der Waals surface area contributed by atoms with Crippen molar-refractivity contribution in [2.45, 2.75) is 30.6 Å². The van der Waals surface area contributed by atoms with Gasteiger partial charge in [-0.3, -0.25) is 0 Å². The molecule has 0 spiro atoms. The maximum atomic E-state index is 13.1. The molecule has 5 atom stereocenters. The second-order valence-corrected chi connectivity index (χ2v) is 4.52. The topological polar surface area (TPSA) is 102 Å². The van der Waals surface area contributed by atoms with Gasteiger partial charge in [-0.2, -0.15) is 0 Å². The lowest BCUT2D eigenvalue weighted by Crippen LogP contribution is -2.60. The van der Waals surface area contributed by atoms with Crippen LogP contribution in [0.1, 0.15) is 0 Å². The summed E-state index contributed by atoms with van der Waals surface area (Å²) in [4.78, 5) is 0. The molecule has 0 radical (unpaired) electrons. The van der Waals surface area contributed by atoms with Gasteiger partial charge in [0.05, 0.1) is 6.61 Å². The van der Waals surface area contributed by atoms with Crippen LogP contribution in [0, 0.1) is 11.6 Å². The summed E-state index contributed by atoms with van der Waals surface area (Å²) in [6.45, 7) is -0.569. The van der Waals surface area contributed by atoms with E-state index in [1.165, 1.54) is 6.07 Å². The van der Waals surface area contributed by atoms with Gasteiger partial charge in [0.1, 0.15) is 24.4 Å². The molecule has 1 fully saturated rings. The number of aliphatic hydroxyl groups is 4. The van der Waals surface area contributed by atoms with E-state index in [-0.39, 0.29) is 5.69 Å². The van der Waals surface area contributed by atoms with Gasteiger partial charge in [0.25, 0.3) is 0 Å². The van der Waals surface area contributed by atoms with Crippen LogP contribution >= 0.6 is 0 Å². The first-order chi connectivity index (χ1) is 9.43. The Bertz CT molecular complexity index is 473. The van der Waals surface area contributed by atoms with E-state index in [4.69, 9.17) is 9.84 Å². The smallest absolute Gasteiger partial charge is 0.160 e. The predicted molar refractivity (Wildman–Crippen MR) is 63.7 cm³/mol. The summed E-state index contributed by atoms with van der Waals surface area (Å²) in [6.07, 6.45) is -6.77. The minimum absolute atomic E-state index is 0.119. The molecule has 1 aromatic carbocycles. The van der Waals surface area contributed by atoms with Crippen molar-refractivity contribution < 1.29 is 33.9 Å². The summed E-state index contributed by atoms with van der Waals surface area (Å²) in [7, 11) is 0. The molecule has 112 valence electrons. The maximum Gasteiger partial charge on any atom is 0.160 e. The molecule has 20 heavy (non-hydrogen) atoms. The number of hydrogen-bond acceptors (Lipinski definition) is 6. The van der Waals surface area contributed by atoms with Crippen LogP contribution in [0.25, 0.3) is 0 Å². The fourth-order valence-corrected chi connectivity index (χ4v) is 1.97. The van der Waals surface area contributed by atoms with Crippen LogP contribution in [0.15, 0.2) is 18.2 Å². The highest BCUT2D eigenvalue weighted by Gasteiger charge is 2.43. The highest BCUT2D eigenvalue weighted by atomic mass is 19.2. The van der Waals surface area contributed by atoms with Gasteiger partial charge in [-0.15, -0.1) is 0 Å². The van der Waals surface area contributed by atoms with E-state index >= 15 is 0 Å². The SMILES string of the molecule is OC[C@H]1O[C@@H](Nc2ccc(F)c(F)c2)[C@H](O)[C@@H](O)[C@@H]1O. The van der Waals surface area contributed by atoms with Crippen molar-refractivity contribution in [2.75, 3.05) is 11.9 Å². The molecule has 0 saturated carbocycles. The average molecular weight is 291 g/mol. The number of anilines is 1. The molecule has 8 heteroatoms. The number of rotatable bonds is 3. The van der Waals surface area contributed by atoms with E-state index in [9.17, 15) is 24.1 Å². The minimum atomic E-state index is -1.54. The maximum absolute atomic E-state index is 13.1. The third kappa shape index (κ3) is 2.89. The first kappa shape index (κ1) is 15.1. The monoisotopic (exact) mass is 291 g/mol. The molecule has 0 aliphatic carbocycles. The second-order valence-electron chi connectivity index (χ2n) is 4.52. The third-order valence-corrected chi connectivity index (χ3v) is 3.12. The number of benzene rings is 1. The molecule has 1 aliphatic heterocycles. The molecule has 6 nitrogen and oxygen atoms in total. The Labute approximate surface area is 113 Å². The van der Waals surface area contributed by atoms with Gasteiger partial charge in [0.15, 0.2) is 17.9 Å². The summed E-state index contributed by atoms with van der Waals surface area (Å²) in [5.74, 6) is -2.11. The Morgan fingerprint density at radius 1 is 1.05 bits per heavy atom. The van der Waals surface area contributed by atoms with E-state index in [1.807, 2.05) is 0 Å². The van der Waals surface area contributed by atoms with Crippen LogP contribution in [-0.2, 0) is 4.74 Å². The van der Waals surface area contributed by atoms with Crippen LogP contribution in [0.3, 0.4) is 0 Å². The van der Waals surface area contributed by atoms with Gasteiger partial charge >= 0.3 is 0 Å². The Morgan fingerprint density at radius 2 is 1.75 bits per heavy atom. The molecule has 2 rings (SSSR count). The Balaban J connectivity index is 2.13. The largest absolute Gasteiger partial charge is 0.394 e. The van der Waals surface area contributed by atoms with Crippen LogP contribution in [0.2, 0.25) is 0 Å². The molecular formula is C12H15F2NO5. The molecule has 1 heterocycles. The van der Waals surface area contributed by atoms with Crippen molar-refractivity contribution in [1.29, 1.82) is 0 Å².